The van der Waals surface area contributed by atoms with E-state index in [2.05, 4.69) is 28.8 Å². The zero-order valence-electron chi connectivity index (χ0n) is 15.9. The summed E-state index contributed by atoms with van der Waals surface area (Å²) in [5, 5.41) is 6.44. The van der Waals surface area contributed by atoms with E-state index in [0.717, 1.165) is 35.5 Å². The standard InChI is InChI=1S/C24H24N2O2/c1-28-22-14-12-20(13-15-22)26-24(27)23(18-6-3-2-4-7-18)25-21-11-10-17-8-5-9-19(17)16-21/h2-4,6-7,10-16,23,25H,5,8-9H2,1H3,(H,26,27). The highest BCUT2D eigenvalue weighted by molar-refractivity contribution is 5.97. The highest BCUT2D eigenvalue weighted by Crippen LogP contribution is 2.28. The van der Waals surface area contributed by atoms with Crippen molar-refractivity contribution in [1.82, 2.24) is 0 Å². The maximum absolute atomic E-state index is 13.1. The van der Waals surface area contributed by atoms with E-state index in [0.29, 0.717) is 0 Å². The number of anilines is 2. The third-order valence-electron chi connectivity index (χ3n) is 5.16. The van der Waals surface area contributed by atoms with Crippen molar-refractivity contribution in [2.24, 2.45) is 0 Å². The minimum absolute atomic E-state index is 0.100. The molecule has 1 aliphatic rings. The number of rotatable bonds is 6. The van der Waals surface area contributed by atoms with Crippen LogP contribution in [0.1, 0.15) is 29.2 Å². The van der Waals surface area contributed by atoms with Crippen LogP contribution in [0.3, 0.4) is 0 Å². The van der Waals surface area contributed by atoms with Crippen molar-refractivity contribution in [3.8, 4) is 5.75 Å². The largest absolute Gasteiger partial charge is 0.497 e. The van der Waals surface area contributed by atoms with Gasteiger partial charge in [-0.15, -0.1) is 0 Å². The predicted molar refractivity (Wildman–Crippen MR) is 113 cm³/mol. The fourth-order valence-corrected chi connectivity index (χ4v) is 3.66. The maximum atomic E-state index is 13.1. The van der Waals surface area contributed by atoms with Crippen molar-refractivity contribution < 1.29 is 9.53 Å². The molecule has 3 aromatic rings. The Balaban J connectivity index is 1.57. The molecule has 1 amide bonds. The van der Waals surface area contributed by atoms with Gasteiger partial charge >= 0.3 is 0 Å². The number of amides is 1. The first-order valence-electron chi connectivity index (χ1n) is 9.61. The molecule has 28 heavy (non-hydrogen) atoms. The molecule has 0 spiro atoms. The molecule has 1 aliphatic carbocycles. The topological polar surface area (TPSA) is 50.4 Å². The normalized spacial score (nSPS) is 13.5. The lowest BCUT2D eigenvalue weighted by atomic mass is 10.0. The van der Waals surface area contributed by atoms with Gasteiger partial charge in [0.05, 0.1) is 7.11 Å². The number of hydrogen-bond donors (Lipinski definition) is 2. The van der Waals surface area contributed by atoms with Gasteiger partial charge in [0.2, 0.25) is 0 Å². The first-order valence-corrected chi connectivity index (χ1v) is 9.61. The molecule has 0 heterocycles. The third-order valence-corrected chi connectivity index (χ3v) is 5.16. The molecule has 0 radical (unpaired) electrons. The average Bonchev–Trinajstić information content (AvgIpc) is 3.21. The lowest BCUT2D eigenvalue weighted by Crippen LogP contribution is -2.27. The molecule has 3 aromatic carbocycles. The van der Waals surface area contributed by atoms with E-state index in [1.807, 2.05) is 54.6 Å². The van der Waals surface area contributed by atoms with Crippen molar-refractivity contribution in [3.63, 3.8) is 0 Å². The van der Waals surface area contributed by atoms with Gasteiger partial charge in [-0.1, -0.05) is 36.4 Å². The summed E-state index contributed by atoms with van der Waals surface area (Å²) in [5.74, 6) is 0.658. The summed E-state index contributed by atoms with van der Waals surface area (Å²) >= 11 is 0. The Morgan fingerprint density at radius 1 is 0.893 bits per heavy atom. The van der Waals surface area contributed by atoms with Gasteiger partial charge < -0.3 is 15.4 Å². The van der Waals surface area contributed by atoms with Crippen LogP contribution in [0.25, 0.3) is 0 Å². The monoisotopic (exact) mass is 372 g/mol. The molecule has 142 valence electrons. The second-order valence-electron chi connectivity index (χ2n) is 7.04. The number of hydrogen-bond acceptors (Lipinski definition) is 3. The molecule has 2 N–H and O–H groups in total. The van der Waals surface area contributed by atoms with Crippen LogP contribution in [-0.2, 0) is 17.6 Å². The summed E-state index contributed by atoms with van der Waals surface area (Å²) in [6.45, 7) is 0. The molecule has 0 fully saturated rings. The quantitative estimate of drug-likeness (QED) is 0.642. The number of methoxy groups -OCH3 is 1. The van der Waals surface area contributed by atoms with E-state index in [1.165, 1.54) is 17.5 Å². The summed E-state index contributed by atoms with van der Waals surface area (Å²) in [6, 6.07) is 23.1. The SMILES string of the molecule is COc1ccc(NC(=O)C(Nc2ccc3c(c2)CCC3)c2ccccc2)cc1. The van der Waals surface area contributed by atoms with Gasteiger partial charge in [0.15, 0.2) is 0 Å². The number of aryl methyl sites for hydroxylation is 2. The fourth-order valence-electron chi connectivity index (χ4n) is 3.66. The van der Waals surface area contributed by atoms with Gasteiger partial charge in [-0.05, 0) is 72.4 Å². The van der Waals surface area contributed by atoms with Crippen molar-refractivity contribution >= 4 is 17.3 Å². The number of benzene rings is 3. The van der Waals surface area contributed by atoms with Crippen LogP contribution < -0.4 is 15.4 Å². The Kier molecular flexibility index (Phi) is 5.29. The van der Waals surface area contributed by atoms with E-state index >= 15 is 0 Å². The number of carbonyl (C=O) groups excluding carboxylic acids is 1. The van der Waals surface area contributed by atoms with Gasteiger partial charge in [-0.3, -0.25) is 4.79 Å². The molecular formula is C24H24N2O2. The van der Waals surface area contributed by atoms with E-state index in [-0.39, 0.29) is 5.91 Å². The third kappa shape index (κ3) is 4.01. The fraction of sp³-hybridized carbons (Fsp3) is 0.208. The summed E-state index contributed by atoms with van der Waals surface area (Å²) in [5.41, 5.74) is 5.44. The van der Waals surface area contributed by atoms with Crippen LogP contribution >= 0.6 is 0 Å². The second kappa shape index (κ2) is 8.17. The Hall–Kier alpha value is -3.27. The summed E-state index contributed by atoms with van der Waals surface area (Å²) in [7, 11) is 1.62. The molecule has 1 atom stereocenters. The van der Waals surface area contributed by atoms with Gasteiger partial charge in [0.1, 0.15) is 11.8 Å². The molecule has 1 unspecified atom stereocenters. The van der Waals surface area contributed by atoms with Gasteiger partial charge in [0, 0.05) is 11.4 Å². The molecule has 0 aliphatic heterocycles. The van der Waals surface area contributed by atoms with E-state index in [1.54, 1.807) is 7.11 Å². The highest BCUT2D eigenvalue weighted by Gasteiger charge is 2.21. The number of ether oxygens (including phenoxy) is 1. The van der Waals surface area contributed by atoms with Crippen LogP contribution in [0.5, 0.6) is 5.75 Å². The molecular weight excluding hydrogens is 348 g/mol. The Morgan fingerprint density at radius 2 is 1.61 bits per heavy atom. The Bertz CT molecular complexity index is 952. The zero-order valence-corrected chi connectivity index (χ0v) is 15.9. The van der Waals surface area contributed by atoms with E-state index in [4.69, 9.17) is 4.74 Å². The summed E-state index contributed by atoms with van der Waals surface area (Å²) in [6.07, 6.45) is 3.47. The Morgan fingerprint density at radius 3 is 2.36 bits per heavy atom. The van der Waals surface area contributed by atoms with Gasteiger partial charge in [0.25, 0.3) is 5.91 Å². The van der Waals surface area contributed by atoms with Crippen molar-refractivity contribution in [3.05, 3.63) is 89.5 Å². The molecule has 0 aromatic heterocycles. The zero-order chi connectivity index (χ0) is 19.3. The number of fused-ring (bicyclic) bond motifs is 1. The minimum atomic E-state index is -0.484. The second-order valence-corrected chi connectivity index (χ2v) is 7.04. The van der Waals surface area contributed by atoms with Crippen LogP contribution in [0, 0.1) is 0 Å². The highest BCUT2D eigenvalue weighted by atomic mass is 16.5. The molecule has 0 bridgehead atoms. The average molecular weight is 372 g/mol. The minimum Gasteiger partial charge on any atom is -0.497 e. The molecule has 0 saturated carbocycles. The van der Waals surface area contributed by atoms with Crippen molar-refractivity contribution in [1.29, 1.82) is 0 Å². The molecule has 4 heteroatoms. The molecule has 4 nitrogen and oxygen atoms in total. The summed E-state index contributed by atoms with van der Waals surface area (Å²) < 4.78 is 5.18. The van der Waals surface area contributed by atoms with Crippen molar-refractivity contribution in [2.45, 2.75) is 25.3 Å². The molecule has 0 saturated heterocycles. The lowest BCUT2D eigenvalue weighted by molar-refractivity contribution is -0.117. The van der Waals surface area contributed by atoms with Crippen LogP contribution in [0.2, 0.25) is 0 Å². The number of carbonyl (C=O) groups is 1. The smallest absolute Gasteiger partial charge is 0.251 e. The Labute approximate surface area is 165 Å². The summed E-state index contributed by atoms with van der Waals surface area (Å²) in [4.78, 5) is 13.1. The van der Waals surface area contributed by atoms with Gasteiger partial charge in [-0.2, -0.15) is 0 Å². The maximum Gasteiger partial charge on any atom is 0.251 e. The molecule has 4 rings (SSSR count). The first kappa shape index (κ1) is 18.1. The van der Waals surface area contributed by atoms with Crippen LogP contribution in [0.4, 0.5) is 11.4 Å². The van der Waals surface area contributed by atoms with Crippen molar-refractivity contribution in [2.75, 3.05) is 17.7 Å². The van der Waals surface area contributed by atoms with E-state index in [9.17, 15) is 4.79 Å². The van der Waals surface area contributed by atoms with Gasteiger partial charge in [-0.25, -0.2) is 0 Å². The van der Waals surface area contributed by atoms with Crippen LogP contribution in [-0.4, -0.2) is 13.0 Å². The number of nitrogens with one attached hydrogen (secondary N) is 2. The van der Waals surface area contributed by atoms with E-state index < -0.39 is 6.04 Å². The van der Waals surface area contributed by atoms with Crippen LogP contribution in [0.15, 0.2) is 72.8 Å². The lowest BCUT2D eigenvalue weighted by Gasteiger charge is -2.21. The predicted octanol–water partition coefficient (Wildman–Crippen LogP) is 4.98. The first-order chi connectivity index (χ1) is 13.7.